The number of carbonyl (C=O) groups excluding carboxylic acids is 2. The second-order valence-corrected chi connectivity index (χ2v) is 5.52. The molecule has 2 amide bonds. The highest BCUT2D eigenvalue weighted by Crippen LogP contribution is 2.27. The summed E-state index contributed by atoms with van der Waals surface area (Å²) in [6.07, 6.45) is 0.206. The zero-order valence-corrected chi connectivity index (χ0v) is 12.1. The van der Waals surface area contributed by atoms with Crippen LogP contribution < -0.4 is 10.6 Å². The third kappa shape index (κ3) is 2.10. The van der Waals surface area contributed by atoms with E-state index in [1.807, 2.05) is 0 Å². The van der Waals surface area contributed by atoms with Gasteiger partial charge in [0.25, 0.3) is 5.91 Å². The molecule has 2 N–H and O–H groups in total. The zero-order valence-electron chi connectivity index (χ0n) is 10.5. The molecule has 2 aromatic carbocycles. The minimum absolute atomic E-state index is 0.206. The Balaban J connectivity index is 2.07. The number of benzene rings is 2. The number of fused-ring (bicyclic) bond motifs is 1. The molecule has 0 saturated carbocycles. The van der Waals surface area contributed by atoms with Gasteiger partial charge in [-0.25, -0.2) is 4.90 Å². The Bertz CT molecular complexity index is 710. The van der Waals surface area contributed by atoms with Crippen molar-refractivity contribution in [2.45, 2.75) is 6.42 Å². The highest BCUT2D eigenvalue weighted by molar-refractivity contribution is 9.10. The van der Waals surface area contributed by atoms with Crippen LogP contribution in [0.3, 0.4) is 0 Å². The largest absolute Gasteiger partial charge is 0.399 e. The van der Waals surface area contributed by atoms with E-state index < -0.39 is 0 Å². The molecule has 0 fully saturated rings. The van der Waals surface area contributed by atoms with E-state index in [9.17, 15) is 9.59 Å². The third-order valence-corrected chi connectivity index (χ3v) is 3.77. The van der Waals surface area contributed by atoms with Crippen molar-refractivity contribution in [3.8, 4) is 0 Å². The van der Waals surface area contributed by atoms with E-state index in [1.54, 1.807) is 42.5 Å². The van der Waals surface area contributed by atoms with Gasteiger partial charge in [-0.1, -0.05) is 22.0 Å². The number of anilines is 2. The van der Waals surface area contributed by atoms with Crippen LogP contribution in [0.4, 0.5) is 11.4 Å². The fraction of sp³-hybridized carbons (Fsp3) is 0.0667. The molecule has 0 spiro atoms. The number of rotatable bonds is 1. The molecule has 3 rings (SSSR count). The van der Waals surface area contributed by atoms with E-state index >= 15 is 0 Å². The van der Waals surface area contributed by atoms with Crippen molar-refractivity contribution in [2.75, 3.05) is 10.6 Å². The summed E-state index contributed by atoms with van der Waals surface area (Å²) in [7, 11) is 0. The van der Waals surface area contributed by atoms with E-state index in [1.165, 1.54) is 4.90 Å². The number of carbonyl (C=O) groups is 2. The average molecular weight is 331 g/mol. The molecular formula is C15H11BrN2O2. The van der Waals surface area contributed by atoms with Gasteiger partial charge in [0, 0.05) is 15.7 Å². The monoisotopic (exact) mass is 330 g/mol. The van der Waals surface area contributed by atoms with Gasteiger partial charge in [-0.05, 0) is 42.0 Å². The standard InChI is InChI=1S/C15H11BrN2O2/c16-10-2-5-12(6-3-10)18-14(19)7-9-1-4-11(17)8-13(9)15(18)20/h1-6,8H,7,17H2. The molecule has 0 saturated heterocycles. The Labute approximate surface area is 124 Å². The second kappa shape index (κ2) is 4.76. The minimum Gasteiger partial charge on any atom is -0.399 e. The smallest absolute Gasteiger partial charge is 0.265 e. The number of hydrogen-bond acceptors (Lipinski definition) is 3. The van der Waals surface area contributed by atoms with Crippen molar-refractivity contribution in [1.29, 1.82) is 0 Å². The van der Waals surface area contributed by atoms with Gasteiger partial charge in [0.2, 0.25) is 5.91 Å². The van der Waals surface area contributed by atoms with E-state index in [2.05, 4.69) is 15.9 Å². The van der Waals surface area contributed by atoms with Crippen molar-refractivity contribution in [2.24, 2.45) is 0 Å². The SMILES string of the molecule is Nc1ccc2c(c1)C(=O)N(c1ccc(Br)cc1)C(=O)C2. The van der Waals surface area contributed by atoms with E-state index in [4.69, 9.17) is 5.73 Å². The Morgan fingerprint density at radius 2 is 1.75 bits per heavy atom. The first-order valence-electron chi connectivity index (χ1n) is 6.07. The molecule has 1 aliphatic rings. The van der Waals surface area contributed by atoms with Gasteiger partial charge >= 0.3 is 0 Å². The summed E-state index contributed by atoms with van der Waals surface area (Å²) in [5.74, 6) is -0.555. The lowest BCUT2D eigenvalue weighted by atomic mass is 9.97. The average Bonchev–Trinajstić information content (AvgIpc) is 2.42. The number of nitrogens with zero attached hydrogens (tertiary/aromatic N) is 1. The van der Waals surface area contributed by atoms with Gasteiger partial charge in [-0.15, -0.1) is 0 Å². The van der Waals surface area contributed by atoms with Crippen molar-refractivity contribution in [3.63, 3.8) is 0 Å². The van der Waals surface area contributed by atoms with Crippen LogP contribution in [0.15, 0.2) is 46.9 Å². The lowest BCUT2D eigenvalue weighted by molar-refractivity contribution is -0.117. The van der Waals surface area contributed by atoms with Crippen LogP contribution in [0.1, 0.15) is 15.9 Å². The number of hydrogen-bond donors (Lipinski definition) is 1. The summed E-state index contributed by atoms with van der Waals surface area (Å²) in [4.78, 5) is 25.9. The second-order valence-electron chi connectivity index (χ2n) is 4.60. The summed E-state index contributed by atoms with van der Waals surface area (Å²) < 4.78 is 0.891. The van der Waals surface area contributed by atoms with Crippen LogP contribution in [0.25, 0.3) is 0 Å². The lowest BCUT2D eigenvalue weighted by Gasteiger charge is -2.27. The van der Waals surface area contributed by atoms with Crippen LogP contribution in [0.2, 0.25) is 0 Å². The normalized spacial score (nSPS) is 14.3. The molecule has 0 bridgehead atoms. The zero-order chi connectivity index (χ0) is 14.3. The van der Waals surface area contributed by atoms with Gasteiger partial charge in [0.05, 0.1) is 12.1 Å². The Kier molecular flexibility index (Phi) is 3.06. The van der Waals surface area contributed by atoms with E-state index in [-0.39, 0.29) is 18.2 Å². The van der Waals surface area contributed by atoms with Crippen molar-refractivity contribution in [1.82, 2.24) is 0 Å². The topological polar surface area (TPSA) is 63.4 Å². The first kappa shape index (κ1) is 12.9. The summed E-state index contributed by atoms with van der Waals surface area (Å²) in [5, 5.41) is 0. The fourth-order valence-corrected chi connectivity index (χ4v) is 2.54. The molecule has 0 radical (unpaired) electrons. The molecule has 0 aromatic heterocycles. The van der Waals surface area contributed by atoms with Gasteiger partial charge in [0.15, 0.2) is 0 Å². The van der Waals surface area contributed by atoms with E-state index in [0.29, 0.717) is 16.9 Å². The molecule has 1 heterocycles. The Hall–Kier alpha value is -2.14. The molecule has 5 heteroatoms. The van der Waals surface area contributed by atoms with Gasteiger partial charge in [-0.2, -0.15) is 0 Å². The Morgan fingerprint density at radius 3 is 2.45 bits per heavy atom. The molecule has 4 nitrogen and oxygen atoms in total. The predicted molar refractivity (Wildman–Crippen MR) is 80.5 cm³/mol. The summed E-state index contributed by atoms with van der Waals surface area (Å²) in [6, 6.07) is 12.1. The molecule has 20 heavy (non-hydrogen) atoms. The third-order valence-electron chi connectivity index (χ3n) is 3.24. The van der Waals surface area contributed by atoms with Gasteiger partial charge in [-0.3, -0.25) is 9.59 Å². The fourth-order valence-electron chi connectivity index (χ4n) is 2.27. The lowest BCUT2D eigenvalue weighted by Crippen LogP contribution is -2.42. The first-order chi connectivity index (χ1) is 9.56. The maximum atomic E-state index is 12.5. The van der Waals surface area contributed by atoms with Crippen molar-refractivity contribution < 1.29 is 9.59 Å². The molecule has 0 unspecified atom stereocenters. The summed E-state index contributed by atoms with van der Waals surface area (Å²) in [5.41, 5.74) is 8.02. The highest BCUT2D eigenvalue weighted by atomic mass is 79.9. The van der Waals surface area contributed by atoms with Gasteiger partial charge in [0.1, 0.15) is 0 Å². The van der Waals surface area contributed by atoms with Crippen LogP contribution in [0.5, 0.6) is 0 Å². The van der Waals surface area contributed by atoms with Crippen molar-refractivity contribution >= 4 is 39.1 Å². The number of halogens is 1. The quantitative estimate of drug-likeness (QED) is 0.646. The highest BCUT2D eigenvalue weighted by Gasteiger charge is 2.32. The Morgan fingerprint density at radius 1 is 1.05 bits per heavy atom. The number of imide groups is 1. The maximum Gasteiger partial charge on any atom is 0.265 e. The maximum absolute atomic E-state index is 12.5. The number of nitrogens with two attached hydrogens (primary N) is 1. The number of nitrogen functional groups attached to an aromatic ring is 1. The summed E-state index contributed by atoms with van der Waals surface area (Å²) in [6.45, 7) is 0. The van der Waals surface area contributed by atoms with Crippen LogP contribution in [0, 0.1) is 0 Å². The molecule has 1 aliphatic heterocycles. The van der Waals surface area contributed by atoms with Crippen molar-refractivity contribution in [3.05, 3.63) is 58.1 Å². The van der Waals surface area contributed by atoms with Gasteiger partial charge < -0.3 is 5.73 Å². The van der Waals surface area contributed by atoms with Crippen LogP contribution >= 0.6 is 15.9 Å². The molecule has 100 valence electrons. The predicted octanol–water partition coefficient (Wildman–Crippen LogP) is 2.76. The molecule has 0 aliphatic carbocycles. The number of amides is 2. The van der Waals surface area contributed by atoms with Crippen LogP contribution in [-0.4, -0.2) is 11.8 Å². The first-order valence-corrected chi connectivity index (χ1v) is 6.87. The molecular weight excluding hydrogens is 320 g/mol. The van der Waals surface area contributed by atoms with E-state index in [0.717, 1.165) is 10.0 Å². The minimum atomic E-state index is -0.328. The van der Waals surface area contributed by atoms with Crippen LogP contribution in [-0.2, 0) is 11.2 Å². The molecule has 2 aromatic rings. The molecule has 0 atom stereocenters. The summed E-state index contributed by atoms with van der Waals surface area (Å²) >= 11 is 3.33.